The molecule has 1 aromatic carbocycles. The Bertz CT molecular complexity index is 684. The van der Waals surface area contributed by atoms with Crippen LogP contribution < -0.4 is 10.6 Å². The van der Waals surface area contributed by atoms with Crippen LogP contribution in [0.4, 0.5) is 10.5 Å². The summed E-state index contributed by atoms with van der Waals surface area (Å²) in [6.07, 6.45) is 1.77. The minimum Gasteiger partial charge on any atom is -0.478 e. The summed E-state index contributed by atoms with van der Waals surface area (Å²) in [5, 5.41) is 18.4. The average molecular weight is 353 g/mol. The maximum Gasteiger partial charge on any atom is 0.337 e. The van der Waals surface area contributed by atoms with Crippen LogP contribution in [0.3, 0.4) is 0 Å². The average Bonchev–Trinajstić information content (AvgIpc) is 2.84. The molecule has 0 atom stereocenters. The van der Waals surface area contributed by atoms with Gasteiger partial charge in [0.1, 0.15) is 0 Å². The number of aromatic carboxylic acids is 1. The number of carboxylic acids is 1. The van der Waals surface area contributed by atoms with Crippen molar-refractivity contribution >= 4 is 33.6 Å². The molecule has 0 spiro atoms. The number of hydrogen-bond donors (Lipinski definition) is 3. The van der Waals surface area contributed by atoms with Crippen molar-refractivity contribution in [2.45, 2.75) is 6.54 Å². The van der Waals surface area contributed by atoms with Gasteiger partial charge in [0.25, 0.3) is 0 Å². The van der Waals surface area contributed by atoms with Crippen LogP contribution in [0.25, 0.3) is 0 Å². The monoisotopic (exact) mass is 352 g/mol. The van der Waals surface area contributed by atoms with E-state index in [0.717, 1.165) is 0 Å². The van der Waals surface area contributed by atoms with Gasteiger partial charge in [-0.3, -0.25) is 4.68 Å². The third-order valence-electron chi connectivity index (χ3n) is 2.66. The minimum absolute atomic E-state index is 0.0114. The van der Waals surface area contributed by atoms with Gasteiger partial charge in [-0.2, -0.15) is 5.10 Å². The molecule has 1 aromatic heterocycles. The van der Waals surface area contributed by atoms with E-state index in [2.05, 4.69) is 31.7 Å². The largest absolute Gasteiger partial charge is 0.478 e. The normalized spacial score (nSPS) is 10.2. The van der Waals surface area contributed by atoms with Crippen molar-refractivity contribution in [3.63, 3.8) is 0 Å². The Hall–Kier alpha value is -2.35. The van der Waals surface area contributed by atoms with Gasteiger partial charge in [-0.15, -0.1) is 0 Å². The van der Waals surface area contributed by atoms with Crippen LogP contribution in [0.2, 0.25) is 0 Å². The summed E-state index contributed by atoms with van der Waals surface area (Å²) in [6, 6.07) is 5.89. The quantitative estimate of drug-likeness (QED) is 0.785. The van der Waals surface area contributed by atoms with Crippen LogP contribution in [0.5, 0.6) is 0 Å². The number of anilines is 1. The molecular formula is C13H13BrN4O3. The molecule has 2 rings (SSSR count). The van der Waals surface area contributed by atoms with Gasteiger partial charge >= 0.3 is 12.0 Å². The highest BCUT2D eigenvalue weighted by Crippen LogP contribution is 2.21. The van der Waals surface area contributed by atoms with E-state index in [-0.39, 0.29) is 17.8 Å². The third kappa shape index (κ3) is 4.06. The van der Waals surface area contributed by atoms with E-state index in [0.29, 0.717) is 10.2 Å². The van der Waals surface area contributed by atoms with Gasteiger partial charge in [0.2, 0.25) is 0 Å². The van der Waals surface area contributed by atoms with Crippen LogP contribution in [-0.4, -0.2) is 26.9 Å². The highest BCUT2D eigenvalue weighted by Gasteiger charge is 2.13. The van der Waals surface area contributed by atoms with Crippen molar-refractivity contribution < 1.29 is 14.7 Å². The van der Waals surface area contributed by atoms with Crippen LogP contribution in [0.15, 0.2) is 34.9 Å². The van der Waals surface area contributed by atoms with Gasteiger partial charge in [-0.1, -0.05) is 15.9 Å². The Morgan fingerprint density at radius 1 is 1.38 bits per heavy atom. The zero-order valence-electron chi connectivity index (χ0n) is 11.1. The number of aromatic nitrogens is 2. The Kier molecular flexibility index (Phi) is 4.59. The van der Waals surface area contributed by atoms with Crippen molar-refractivity contribution in [2.75, 3.05) is 5.32 Å². The second-order valence-electron chi connectivity index (χ2n) is 4.28. The molecule has 3 N–H and O–H groups in total. The molecule has 2 amide bonds. The topological polar surface area (TPSA) is 96.2 Å². The summed E-state index contributed by atoms with van der Waals surface area (Å²) in [4.78, 5) is 22.9. The number of urea groups is 1. The first-order valence-corrected chi connectivity index (χ1v) is 6.81. The fraction of sp³-hybridized carbons (Fsp3) is 0.154. The molecule has 21 heavy (non-hydrogen) atoms. The van der Waals surface area contributed by atoms with Gasteiger partial charge in [0, 0.05) is 17.7 Å². The lowest BCUT2D eigenvalue weighted by Crippen LogP contribution is -2.29. The number of carboxylic acid groups (broad SMARTS) is 1. The van der Waals surface area contributed by atoms with E-state index in [1.807, 2.05) is 0 Å². The van der Waals surface area contributed by atoms with Crippen LogP contribution >= 0.6 is 15.9 Å². The van der Waals surface area contributed by atoms with Crippen molar-refractivity contribution in [3.8, 4) is 0 Å². The van der Waals surface area contributed by atoms with Crippen molar-refractivity contribution in [1.82, 2.24) is 15.1 Å². The zero-order chi connectivity index (χ0) is 15.4. The summed E-state index contributed by atoms with van der Waals surface area (Å²) in [6.45, 7) is 0.256. The molecule has 0 radical (unpaired) electrons. The molecule has 110 valence electrons. The van der Waals surface area contributed by atoms with E-state index in [9.17, 15) is 9.59 Å². The predicted octanol–water partition coefficient (Wildman–Crippen LogP) is 2.20. The Morgan fingerprint density at radius 2 is 2.14 bits per heavy atom. The molecule has 0 bridgehead atoms. The second-order valence-corrected chi connectivity index (χ2v) is 5.20. The molecule has 8 heteroatoms. The number of benzene rings is 1. The van der Waals surface area contributed by atoms with Gasteiger partial charge in [0.05, 0.1) is 23.5 Å². The molecule has 0 saturated heterocycles. The summed E-state index contributed by atoms with van der Waals surface area (Å²) >= 11 is 3.19. The highest BCUT2D eigenvalue weighted by molar-refractivity contribution is 9.10. The molecule has 0 aliphatic rings. The van der Waals surface area contributed by atoms with E-state index < -0.39 is 12.0 Å². The third-order valence-corrected chi connectivity index (χ3v) is 3.15. The van der Waals surface area contributed by atoms with Crippen molar-refractivity contribution in [3.05, 3.63) is 46.2 Å². The number of amides is 2. The first kappa shape index (κ1) is 15.0. The molecule has 1 heterocycles. The fourth-order valence-electron chi connectivity index (χ4n) is 1.70. The van der Waals surface area contributed by atoms with Gasteiger partial charge in [-0.05, 0) is 24.3 Å². The Labute approximate surface area is 129 Å². The maximum absolute atomic E-state index is 11.8. The number of carbonyl (C=O) groups excluding carboxylic acids is 1. The molecule has 2 aromatic rings. The molecular weight excluding hydrogens is 340 g/mol. The number of hydrogen-bond acceptors (Lipinski definition) is 3. The first-order chi connectivity index (χ1) is 9.95. The smallest absolute Gasteiger partial charge is 0.337 e. The molecule has 0 saturated carbocycles. The van der Waals surface area contributed by atoms with Crippen LogP contribution in [-0.2, 0) is 13.6 Å². The molecule has 7 nitrogen and oxygen atoms in total. The lowest BCUT2D eigenvalue weighted by Gasteiger charge is -2.09. The number of halogens is 1. The SMILES string of the molecule is Cn1ccc(CNC(=O)Nc2ccc(Br)cc2C(=O)O)n1. The standard InChI is InChI=1S/C13H13BrN4O3/c1-18-5-4-9(17-18)7-15-13(21)16-11-3-2-8(14)6-10(11)12(19)20/h2-6H,7H2,1H3,(H,19,20)(H2,15,16,21). The number of nitrogens with zero attached hydrogens (tertiary/aromatic N) is 2. The number of aryl methyl sites for hydroxylation is 1. The molecule has 0 aliphatic heterocycles. The van der Waals surface area contributed by atoms with E-state index in [1.54, 1.807) is 30.1 Å². The van der Waals surface area contributed by atoms with E-state index in [1.165, 1.54) is 12.1 Å². The minimum atomic E-state index is -1.11. The fourth-order valence-corrected chi connectivity index (χ4v) is 2.06. The van der Waals surface area contributed by atoms with E-state index >= 15 is 0 Å². The van der Waals surface area contributed by atoms with Crippen LogP contribution in [0.1, 0.15) is 16.1 Å². The van der Waals surface area contributed by atoms with Crippen molar-refractivity contribution in [2.24, 2.45) is 7.05 Å². The van der Waals surface area contributed by atoms with Crippen LogP contribution in [0, 0.1) is 0 Å². The van der Waals surface area contributed by atoms with Gasteiger partial charge < -0.3 is 15.7 Å². The lowest BCUT2D eigenvalue weighted by atomic mass is 10.2. The predicted molar refractivity (Wildman–Crippen MR) is 80.2 cm³/mol. The number of nitrogens with one attached hydrogen (secondary N) is 2. The highest BCUT2D eigenvalue weighted by atomic mass is 79.9. The summed E-state index contributed by atoms with van der Waals surface area (Å²) in [5.41, 5.74) is 0.948. The molecule has 0 unspecified atom stereocenters. The molecule has 0 fully saturated rings. The summed E-state index contributed by atoms with van der Waals surface area (Å²) in [5.74, 6) is -1.11. The van der Waals surface area contributed by atoms with Gasteiger partial charge in [-0.25, -0.2) is 9.59 Å². The van der Waals surface area contributed by atoms with Crippen molar-refractivity contribution in [1.29, 1.82) is 0 Å². The van der Waals surface area contributed by atoms with Gasteiger partial charge in [0.15, 0.2) is 0 Å². The van der Waals surface area contributed by atoms with E-state index in [4.69, 9.17) is 5.11 Å². The Balaban J connectivity index is 2.01. The summed E-state index contributed by atoms with van der Waals surface area (Å²) in [7, 11) is 1.78. The first-order valence-electron chi connectivity index (χ1n) is 6.02. The lowest BCUT2D eigenvalue weighted by molar-refractivity contribution is 0.0698. The number of carbonyl (C=O) groups is 2. The molecule has 0 aliphatic carbocycles. The Morgan fingerprint density at radius 3 is 2.76 bits per heavy atom. The number of rotatable bonds is 4. The second kappa shape index (κ2) is 6.40. The summed E-state index contributed by atoms with van der Waals surface area (Å²) < 4.78 is 2.26. The maximum atomic E-state index is 11.8. The zero-order valence-corrected chi connectivity index (χ0v) is 12.7.